The van der Waals surface area contributed by atoms with Gasteiger partial charge in [0.15, 0.2) is 6.61 Å². The average Bonchev–Trinajstić information content (AvgIpc) is 2.67. The lowest BCUT2D eigenvalue weighted by Gasteiger charge is -2.09. The van der Waals surface area contributed by atoms with Crippen LogP contribution in [-0.2, 0) is 16.1 Å². The smallest absolute Gasteiger partial charge is 0.278 e. The molecule has 1 heterocycles. The van der Waals surface area contributed by atoms with Gasteiger partial charge in [0.25, 0.3) is 17.4 Å². The molecule has 27 heavy (non-hydrogen) atoms. The molecule has 0 fully saturated rings. The monoisotopic (exact) mass is 367 g/mol. The standard InChI is InChI=1S/C18H17N5O4/c1-12-5-4-6-13(9-12)27-11-17(25)21-20-16(24)10-23-18(26)14-7-2-3-8-15(14)19-22-23/h2-9H,10-11H2,1H3,(H,20,24)(H,21,25). The molecule has 0 aliphatic heterocycles. The number of hydrogen-bond acceptors (Lipinski definition) is 6. The number of carbonyl (C=O) groups excluding carboxylic acids is 2. The molecule has 2 N–H and O–H groups in total. The zero-order chi connectivity index (χ0) is 19.2. The average molecular weight is 367 g/mol. The highest BCUT2D eigenvalue weighted by molar-refractivity contribution is 5.83. The van der Waals surface area contributed by atoms with Gasteiger partial charge in [0.05, 0.1) is 5.39 Å². The van der Waals surface area contributed by atoms with Gasteiger partial charge < -0.3 is 4.74 Å². The highest BCUT2D eigenvalue weighted by atomic mass is 16.5. The first-order chi connectivity index (χ1) is 13.0. The Kier molecular flexibility index (Phi) is 5.41. The zero-order valence-corrected chi connectivity index (χ0v) is 14.5. The summed E-state index contributed by atoms with van der Waals surface area (Å²) in [4.78, 5) is 35.9. The number of ether oxygens (including phenoxy) is 1. The van der Waals surface area contributed by atoms with Crippen LogP contribution in [0.15, 0.2) is 53.3 Å². The summed E-state index contributed by atoms with van der Waals surface area (Å²) in [5.41, 5.74) is 5.43. The summed E-state index contributed by atoms with van der Waals surface area (Å²) >= 11 is 0. The van der Waals surface area contributed by atoms with Crippen molar-refractivity contribution in [3.8, 4) is 5.75 Å². The number of benzene rings is 2. The summed E-state index contributed by atoms with van der Waals surface area (Å²) < 4.78 is 6.25. The molecule has 0 saturated carbocycles. The quantitative estimate of drug-likeness (QED) is 0.628. The van der Waals surface area contributed by atoms with E-state index in [-0.39, 0.29) is 13.2 Å². The van der Waals surface area contributed by atoms with E-state index in [1.807, 2.05) is 19.1 Å². The Morgan fingerprint density at radius 3 is 2.67 bits per heavy atom. The van der Waals surface area contributed by atoms with Crippen LogP contribution in [0.2, 0.25) is 0 Å². The van der Waals surface area contributed by atoms with Crippen LogP contribution < -0.4 is 21.1 Å². The van der Waals surface area contributed by atoms with Crippen LogP contribution in [0.1, 0.15) is 5.56 Å². The molecule has 1 aromatic heterocycles. The number of aromatic nitrogens is 3. The minimum Gasteiger partial charge on any atom is -0.484 e. The molecule has 0 spiro atoms. The Morgan fingerprint density at radius 1 is 1.07 bits per heavy atom. The Bertz CT molecular complexity index is 1050. The van der Waals surface area contributed by atoms with Gasteiger partial charge in [0.1, 0.15) is 17.8 Å². The van der Waals surface area contributed by atoms with Crippen molar-refractivity contribution in [1.82, 2.24) is 25.8 Å². The van der Waals surface area contributed by atoms with Gasteiger partial charge >= 0.3 is 0 Å². The van der Waals surface area contributed by atoms with Crippen LogP contribution in [0.3, 0.4) is 0 Å². The van der Waals surface area contributed by atoms with E-state index in [2.05, 4.69) is 21.2 Å². The first kappa shape index (κ1) is 18.1. The Balaban J connectivity index is 1.51. The molecular formula is C18H17N5O4. The molecule has 0 unspecified atom stereocenters. The Labute approximate surface area is 153 Å². The molecule has 3 rings (SSSR count). The van der Waals surface area contributed by atoms with Crippen LogP contribution in [0.4, 0.5) is 0 Å². The predicted molar refractivity (Wildman–Crippen MR) is 96.8 cm³/mol. The van der Waals surface area contributed by atoms with Gasteiger partial charge in [-0.05, 0) is 36.8 Å². The third-order valence-electron chi connectivity index (χ3n) is 3.62. The van der Waals surface area contributed by atoms with Crippen molar-refractivity contribution in [2.75, 3.05) is 6.61 Å². The predicted octanol–water partition coefficient (Wildman–Crippen LogP) is 0.326. The third-order valence-corrected chi connectivity index (χ3v) is 3.62. The van der Waals surface area contributed by atoms with Crippen LogP contribution >= 0.6 is 0 Å². The highest BCUT2D eigenvalue weighted by Gasteiger charge is 2.10. The third kappa shape index (κ3) is 4.66. The molecule has 0 bridgehead atoms. The number of hydrogen-bond donors (Lipinski definition) is 2. The van der Waals surface area contributed by atoms with Gasteiger partial charge in [-0.15, -0.1) is 5.10 Å². The minimum absolute atomic E-state index is 0.264. The van der Waals surface area contributed by atoms with Gasteiger partial charge in [-0.1, -0.05) is 29.5 Å². The SMILES string of the molecule is Cc1cccc(OCC(=O)NNC(=O)Cn2nnc3ccccc3c2=O)c1. The van der Waals surface area contributed by atoms with Crippen LogP contribution in [0, 0.1) is 6.92 Å². The molecule has 2 amide bonds. The van der Waals surface area contributed by atoms with E-state index in [1.165, 1.54) is 0 Å². The van der Waals surface area contributed by atoms with Gasteiger partial charge in [-0.2, -0.15) is 0 Å². The number of nitrogens with one attached hydrogen (secondary N) is 2. The summed E-state index contributed by atoms with van der Waals surface area (Å²) in [6.45, 7) is 1.26. The van der Waals surface area contributed by atoms with E-state index < -0.39 is 17.4 Å². The van der Waals surface area contributed by atoms with E-state index >= 15 is 0 Å². The summed E-state index contributed by atoms with van der Waals surface area (Å²) in [5, 5.41) is 7.96. The van der Waals surface area contributed by atoms with Gasteiger partial charge in [-0.25, -0.2) is 4.68 Å². The molecule has 0 aliphatic rings. The molecule has 3 aromatic rings. The molecule has 0 radical (unpaired) electrons. The van der Waals surface area contributed by atoms with Crippen LogP contribution in [-0.4, -0.2) is 33.4 Å². The normalized spacial score (nSPS) is 10.4. The number of amides is 2. The maximum Gasteiger partial charge on any atom is 0.278 e. The number of carbonyl (C=O) groups is 2. The molecule has 0 atom stereocenters. The van der Waals surface area contributed by atoms with E-state index in [9.17, 15) is 14.4 Å². The number of nitrogens with zero attached hydrogens (tertiary/aromatic N) is 3. The number of rotatable bonds is 5. The fourth-order valence-corrected chi connectivity index (χ4v) is 2.33. The zero-order valence-electron chi connectivity index (χ0n) is 14.5. The maximum atomic E-state index is 12.3. The first-order valence-electron chi connectivity index (χ1n) is 8.12. The molecule has 0 aliphatic carbocycles. The van der Waals surface area contributed by atoms with Crippen molar-refractivity contribution in [1.29, 1.82) is 0 Å². The van der Waals surface area contributed by atoms with Crippen molar-refractivity contribution < 1.29 is 14.3 Å². The molecule has 0 saturated heterocycles. The van der Waals surface area contributed by atoms with Gasteiger partial charge in [0, 0.05) is 0 Å². The Hall–Kier alpha value is -3.75. The summed E-state index contributed by atoms with van der Waals surface area (Å²) in [6, 6.07) is 13.9. The van der Waals surface area contributed by atoms with Crippen molar-refractivity contribution in [3.05, 3.63) is 64.4 Å². The summed E-state index contributed by atoms with van der Waals surface area (Å²) in [6.07, 6.45) is 0. The number of aryl methyl sites for hydroxylation is 1. The second-order valence-corrected chi connectivity index (χ2v) is 5.77. The van der Waals surface area contributed by atoms with E-state index in [1.54, 1.807) is 36.4 Å². The lowest BCUT2D eigenvalue weighted by atomic mass is 10.2. The highest BCUT2D eigenvalue weighted by Crippen LogP contribution is 2.11. The topological polar surface area (TPSA) is 115 Å². The molecule has 9 heteroatoms. The van der Waals surface area contributed by atoms with Crippen molar-refractivity contribution >= 4 is 22.7 Å². The molecule has 9 nitrogen and oxygen atoms in total. The minimum atomic E-state index is -0.620. The Morgan fingerprint density at radius 2 is 1.85 bits per heavy atom. The lowest BCUT2D eigenvalue weighted by Crippen LogP contribution is -2.46. The largest absolute Gasteiger partial charge is 0.484 e. The van der Waals surface area contributed by atoms with E-state index in [0.717, 1.165) is 10.2 Å². The maximum absolute atomic E-state index is 12.3. The fraction of sp³-hybridized carbons (Fsp3) is 0.167. The second-order valence-electron chi connectivity index (χ2n) is 5.77. The summed E-state index contributed by atoms with van der Waals surface area (Å²) in [7, 11) is 0. The van der Waals surface area contributed by atoms with Gasteiger partial charge in [0.2, 0.25) is 0 Å². The summed E-state index contributed by atoms with van der Waals surface area (Å²) in [5.74, 6) is -0.609. The second kappa shape index (κ2) is 8.09. The first-order valence-corrected chi connectivity index (χ1v) is 8.12. The fourth-order valence-electron chi connectivity index (χ4n) is 2.33. The van der Waals surface area contributed by atoms with Crippen molar-refractivity contribution in [2.45, 2.75) is 13.5 Å². The van der Waals surface area contributed by atoms with E-state index in [0.29, 0.717) is 16.7 Å². The molecule has 138 valence electrons. The van der Waals surface area contributed by atoms with Crippen LogP contribution in [0.25, 0.3) is 10.9 Å². The van der Waals surface area contributed by atoms with Gasteiger partial charge in [-0.3, -0.25) is 25.2 Å². The molecule has 2 aromatic carbocycles. The van der Waals surface area contributed by atoms with Crippen molar-refractivity contribution in [2.24, 2.45) is 0 Å². The molecular weight excluding hydrogens is 350 g/mol. The number of fused-ring (bicyclic) bond motifs is 1. The lowest BCUT2D eigenvalue weighted by molar-refractivity contribution is -0.130. The van der Waals surface area contributed by atoms with E-state index in [4.69, 9.17) is 4.74 Å². The number of hydrazine groups is 1. The van der Waals surface area contributed by atoms with Crippen molar-refractivity contribution in [3.63, 3.8) is 0 Å². The van der Waals surface area contributed by atoms with Crippen LogP contribution in [0.5, 0.6) is 5.75 Å².